The van der Waals surface area contributed by atoms with Gasteiger partial charge in [-0.15, -0.1) is 0 Å². The molecule has 3 heteroatoms. The summed E-state index contributed by atoms with van der Waals surface area (Å²) in [7, 11) is 0. The molecular weight excluding hydrogens is 166 g/mol. The van der Waals surface area contributed by atoms with E-state index < -0.39 is 0 Å². The number of nitrogens with one attached hydrogen (secondary N) is 1. The molecule has 0 spiro atoms. The van der Waals surface area contributed by atoms with Crippen molar-refractivity contribution in [3.8, 4) is 0 Å². The Morgan fingerprint density at radius 1 is 1.23 bits per heavy atom. The predicted octanol–water partition coefficient (Wildman–Crippen LogP) is 0.918. The minimum absolute atomic E-state index is 0.327. The molecule has 0 aliphatic carbocycles. The number of hydrogen-bond acceptors (Lipinski definition) is 3. The van der Waals surface area contributed by atoms with Crippen molar-refractivity contribution in [2.24, 2.45) is 0 Å². The molecule has 0 aromatic rings. The Morgan fingerprint density at radius 3 is 2.77 bits per heavy atom. The maximum Gasteiger partial charge on any atom is 0.0711 e. The molecule has 1 unspecified atom stereocenters. The van der Waals surface area contributed by atoms with Gasteiger partial charge in [-0.05, 0) is 25.8 Å². The number of ether oxygens (including phenoxy) is 1. The van der Waals surface area contributed by atoms with Gasteiger partial charge in [-0.25, -0.2) is 0 Å². The molecule has 13 heavy (non-hydrogen) atoms. The second-order valence-electron chi connectivity index (χ2n) is 3.62. The van der Waals surface area contributed by atoms with Crippen LogP contribution in [0.5, 0.6) is 0 Å². The molecule has 1 fully saturated rings. The van der Waals surface area contributed by atoms with Gasteiger partial charge in [-0.1, -0.05) is 12.8 Å². The summed E-state index contributed by atoms with van der Waals surface area (Å²) in [6.45, 7) is 3.34. The van der Waals surface area contributed by atoms with Crippen molar-refractivity contribution in [3.63, 3.8) is 0 Å². The molecule has 0 aromatic heterocycles. The first kappa shape index (κ1) is 11.0. The maximum absolute atomic E-state index is 8.56. The fourth-order valence-electron chi connectivity index (χ4n) is 1.59. The van der Waals surface area contributed by atoms with Crippen LogP contribution < -0.4 is 5.32 Å². The number of hydrogen-bond donors (Lipinski definition) is 2. The van der Waals surface area contributed by atoms with Crippen LogP contribution in [0.3, 0.4) is 0 Å². The van der Waals surface area contributed by atoms with Crippen LogP contribution in [0, 0.1) is 0 Å². The van der Waals surface area contributed by atoms with Gasteiger partial charge < -0.3 is 15.2 Å². The summed E-state index contributed by atoms with van der Waals surface area (Å²) in [6, 6.07) is 0. The minimum atomic E-state index is 0.327. The first-order valence-corrected chi connectivity index (χ1v) is 5.36. The second-order valence-corrected chi connectivity index (χ2v) is 3.62. The Balaban J connectivity index is 1.78. The predicted molar refractivity (Wildman–Crippen MR) is 52.8 cm³/mol. The maximum atomic E-state index is 8.56. The van der Waals surface area contributed by atoms with Gasteiger partial charge in [0.2, 0.25) is 0 Å². The monoisotopic (exact) mass is 187 g/mol. The van der Waals surface area contributed by atoms with E-state index in [4.69, 9.17) is 9.84 Å². The van der Waals surface area contributed by atoms with Gasteiger partial charge in [-0.2, -0.15) is 0 Å². The zero-order chi connectivity index (χ0) is 9.36. The van der Waals surface area contributed by atoms with Crippen LogP contribution in [0.4, 0.5) is 0 Å². The lowest BCUT2D eigenvalue weighted by Crippen LogP contribution is -2.17. The molecule has 1 saturated heterocycles. The molecule has 1 atom stereocenters. The van der Waals surface area contributed by atoms with Crippen molar-refractivity contribution in [1.29, 1.82) is 0 Å². The van der Waals surface area contributed by atoms with Crippen molar-refractivity contribution >= 4 is 0 Å². The molecule has 0 bridgehead atoms. The molecule has 1 aliphatic rings. The highest BCUT2D eigenvalue weighted by molar-refractivity contribution is 4.70. The van der Waals surface area contributed by atoms with E-state index in [-0.39, 0.29) is 0 Å². The highest BCUT2D eigenvalue weighted by Crippen LogP contribution is 2.05. The van der Waals surface area contributed by atoms with E-state index in [1.165, 1.54) is 6.42 Å². The zero-order valence-corrected chi connectivity index (χ0v) is 8.30. The zero-order valence-electron chi connectivity index (χ0n) is 8.30. The summed E-state index contributed by atoms with van der Waals surface area (Å²) in [6.07, 6.45) is 6.00. The molecule has 0 aromatic carbocycles. The van der Waals surface area contributed by atoms with Crippen molar-refractivity contribution in [2.75, 3.05) is 26.3 Å². The molecular formula is C10H21NO2. The van der Waals surface area contributed by atoms with E-state index in [1.54, 1.807) is 0 Å². The Morgan fingerprint density at radius 2 is 2.08 bits per heavy atom. The third-order valence-corrected chi connectivity index (χ3v) is 2.42. The molecule has 0 saturated carbocycles. The Labute approximate surface area is 80.5 Å². The van der Waals surface area contributed by atoms with Crippen LogP contribution in [-0.2, 0) is 4.74 Å². The Bertz CT molecular complexity index is 113. The van der Waals surface area contributed by atoms with Gasteiger partial charge in [0.05, 0.1) is 6.10 Å². The second kappa shape index (κ2) is 7.30. The molecule has 1 rings (SSSR count). The summed E-state index contributed by atoms with van der Waals surface area (Å²) in [4.78, 5) is 0. The van der Waals surface area contributed by atoms with Crippen molar-refractivity contribution in [3.05, 3.63) is 0 Å². The first-order valence-electron chi connectivity index (χ1n) is 5.36. The third kappa shape index (κ3) is 5.24. The number of aliphatic hydroxyl groups is 1. The van der Waals surface area contributed by atoms with Gasteiger partial charge in [0.25, 0.3) is 0 Å². The quantitative estimate of drug-likeness (QED) is 0.582. The van der Waals surface area contributed by atoms with Crippen LogP contribution in [-0.4, -0.2) is 37.5 Å². The van der Waals surface area contributed by atoms with Gasteiger partial charge in [0, 0.05) is 19.8 Å². The lowest BCUT2D eigenvalue weighted by molar-refractivity contribution is 0.0640. The Kier molecular flexibility index (Phi) is 6.15. The minimum Gasteiger partial charge on any atom is -0.396 e. The fourth-order valence-corrected chi connectivity index (χ4v) is 1.59. The SMILES string of the molecule is OCCCCCCOC1CCNC1. The largest absolute Gasteiger partial charge is 0.396 e. The summed E-state index contributed by atoms with van der Waals surface area (Å²) in [5.41, 5.74) is 0. The molecule has 2 N–H and O–H groups in total. The summed E-state index contributed by atoms with van der Waals surface area (Å²) in [5, 5.41) is 11.8. The number of aliphatic hydroxyl groups excluding tert-OH is 1. The van der Waals surface area contributed by atoms with Crippen molar-refractivity contribution < 1.29 is 9.84 Å². The van der Waals surface area contributed by atoms with Gasteiger partial charge >= 0.3 is 0 Å². The highest BCUT2D eigenvalue weighted by atomic mass is 16.5. The normalized spacial score (nSPS) is 22.4. The Hall–Kier alpha value is -0.120. The summed E-state index contributed by atoms with van der Waals surface area (Å²) >= 11 is 0. The molecule has 78 valence electrons. The van der Waals surface area contributed by atoms with Crippen molar-refractivity contribution in [1.82, 2.24) is 5.32 Å². The molecule has 0 radical (unpaired) electrons. The van der Waals surface area contributed by atoms with E-state index in [1.807, 2.05) is 0 Å². The van der Waals surface area contributed by atoms with E-state index in [2.05, 4.69) is 5.32 Å². The van der Waals surface area contributed by atoms with E-state index in [0.29, 0.717) is 12.7 Å². The molecule has 3 nitrogen and oxygen atoms in total. The van der Waals surface area contributed by atoms with Crippen LogP contribution in [0.2, 0.25) is 0 Å². The van der Waals surface area contributed by atoms with E-state index in [9.17, 15) is 0 Å². The van der Waals surface area contributed by atoms with Gasteiger partial charge in [0.1, 0.15) is 0 Å². The summed E-state index contributed by atoms with van der Waals surface area (Å²) < 4.78 is 5.66. The van der Waals surface area contributed by atoms with Crippen LogP contribution in [0.15, 0.2) is 0 Å². The molecule has 1 heterocycles. The van der Waals surface area contributed by atoms with Crippen molar-refractivity contribution in [2.45, 2.75) is 38.2 Å². The van der Waals surface area contributed by atoms with Gasteiger partial charge in [-0.3, -0.25) is 0 Å². The highest BCUT2D eigenvalue weighted by Gasteiger charge is 2.13. The lowest BCUT2D eigenvalue weighted by Gasteiger charge is -2.09. The van der Waals surface area contributed by atoms with E-state index in [0.717, 1.165) is 45.4 Å². The van der Waals surface area contributed by atoms with Gasteiger partial charge in [0.15, 0.2) is 0 Å². The smallest absolute Gasteiger partial charge is 0.0711 e. The van der Waals surface area contributed by atoms with Crippen LogP contribution in [0.1, 0.15) is 32.1 Å². The van der Waals surface area contributed by atoms with Crippen LogP contribution >= 0.6 is 0 Å². The fraction of sp³-hybridized carbons (Fsp3) is 1.00. The number of unbranched alkanes of at least 4 members (excludes halogenated alkanes) is 3. The average molecular weight is 187 g/mol. The van der Waals surface area contributed by atoms with E-state index >= 15 is 0 Å². The molecule has 0 amide bonds. The average Bonchev–Trinajstić information content (AvgIpc) is 2.63. The first-order chi connectivity index (χ1) is 6.43. The third-order valence-electron chi connectivity index (χ3n) is 2.42. The van der Waals surface area contributed by atoms with Crippen LogP contribution in [0.25, 0.3) is 0 Å². The summed E-state index contributed by atoms with van der Waals surface area (Å²) in [5.74, 6) is 0. The number of rotatable bonds is 7. The topological polar surface area (TPSA) is 41.5 Å². The standard InChI is InChI=1S/C10H21NO2/c12-7-3-1-2-4-8-13-10-5-6-11-9-10/h10-12H,1-9H2. The lowest BCUT2D eigenvalue weighted by atomic mass is 10.2. The molecule has 1 aliphatic heterocycles.